The molecule has 0 spiro atoms. The van der Waals surface area contributed by atoms with Crippen LogP contribution in [0.3, 0.4) is 0 Å². The third-order valence-electron chi connectivity index (χ3n) is 4.31. The predicted octanol–water partition coefficient (Wildman–Crippen LogP) is 4.51. The number of halogens is 1. The maximum Gasteiger partial charge on any atom is 0.261 e. The van der Waals surface area contributed by atoms with Crippen LogP contribution < -0.4 is 15.0 Å². The lowest BCUT2D eigenvalue weighted by molar-refractivity contribution is 0.0992. The molecule has 2 aromatic carbocycles. The maximum absolute atomic E-state index is 13.0. The van der Waals surface area contributed by atoms with Gasteiger partial charge in [0.2, 0.25) is 0 Å². The molecule has 6 heteroatoms. The second-order valence-electron chi connectivity index (χ2n) is 5.87. The Bertz CT molecular complexity index is 942. The van der Waals surface area contributed by atoms with Crippen molar-refractivity contribution < 1.29 is 9.53 Å². The molecule has 5 nitrogen and oxygen atoms in total. The molecule has 0 unspecified atom stereocenters. The lowest BCUT2D eigenvalue weighted by Crippen LogP contribution is -2.32. The van der Waals surface area contributed by atoms with Crippen molar-refractivity contribution >= 4 is 29.0 Å². The molecule has 1 aliphatic heterocycles. The van der Waals surface area contributed by atoms with E-state index in [1.807, 2.05) is 48.5 Å². The minimum absolute atomic E-state index is 0.0959. The monoisotopic (exact) mass is 365 g/mol. The molecule has 1 aliphatic rings. The van der Waals surface area contributed by atoms with Crippen molar-refractivity contribution in [3.05, 3.63) is 83.0 Å². The number of pyridine rings is 1. The average Bonchev–Trinajstić information content (AvgIpc) is 2.95. The van der Waals surface area contributed by atoms with E-state index in [1.54, 1.807) is 24.1 Å². The highest BCUT2D eigenvalue weighted by atomic mass is 35.5. The summed E-state index contributed by atoms with van der Waals surface area (Å²) in [4.78, 5) is 18.9. The predicted molar refractivity (Wildman–Crippen MR) is 102 cm³/mol. The van der Waals surface area contributed by atoms with Gasteiger partial charge >= 0.3 is 0 Å². The number of fused-ring (bicyclic) bond motifs is 1. The van der Waals surface area contributed by atoms with Gasteiger partial charge in [-0.25, -0.2) is 4.98 Å². The first-order valence-corrected chi connectivity index (χ1v) is 8.50. The van der Waals surface area contributed by atoms with E-state index in [9.17, 15) is 4.79 Å². The van der Waals surface area contributed by atoms with E-state index in [0.717, 1.165) is 17.0 Å². The minimum Gasteiger partial charge on any atom is -0.497 e. The van der Waals surface area contributed by atoms with Crippen molar-refractivity contribution in [2.24, 2.45) is 0 Å². The molecule has 1 atom stereocenters. The van der Waals surface area contributed by atoms with Gasteiger partial charge in [-0.05, 0) is 42.5 Å². The standard InChI is InChI=1S/C20H16ClN3O2/c1-26-15-9-7-14(8-10-15)23-19-16-4-2-3-5-17(16)20(25)24(19)18-11-6-13(21)12-22-18/h2-12,19,23H,1H3/t19-/m0/s1. The van der Waals surface area contributed by atoms with Crippen molar-refractivity contribution in [2.75, 3.05) is 17.3 Å². The molecule has 0 saturated carbocycles. The zero-order valence-corrected chi connectivity index (χ0v) is 14.8. The summed E-state index contributed by atoms with van der Waals surface area (Å²) >= 11 is 5.95. The van der Waals surface area contributed by atoms with Crippen LogP contribution >= 0.6 is 11.6 Å². The summed E-state index contributed by atoms with van der Waals surface area (Å²) in [6, 6.07) is 18.6. The molecule has 0 radical (unpaired) electrons. The first-order valence-electron chi connectivity index (χ1n) is 8.12. The van der Waals surface area contributed by atoms with Gasteiger partial charge in [0.15, 0.2) is 0 Å². The Kier molecular flexibility index (Phi) is 4.22. The summed E-state index contributed by atoms with van der Waals surface area (Å²) in [6.45, 7) is 0. The molecule has 1 amide bonds. The molecule has 0 aliphatic carbocycles. The van der Waals surface area contributed by atoms with Gasteiger partial charge in [0.25, 0.3) is 5.91 Å². The lowest BCUT2D eigenvalue weighted by Gasteiger charge is -2.26. The van der Waals surface area contributed by atoms with Gasteiger partial charge in [-0.3, -0.25) is 9.69 Å². The van der Waals surface area contributed by atoms with E-state index >= 15 is 0 Å². The number of hydrogen-bond acceptors (Lipinski definition) is 4. The molecule has 4 rings (SSSR count). The van der Waals surface area contributed by atoms with E-state index < -0.39 is 0 Å². The number of carbonyl (C=O) groups excluding carboxylic acids is 1. The van der Waals surface area contributed by atoms with Crippen LogP contribution in [0.5, 0.6) is 5.75 Å². The SMILES string of the molecule is COc1ccc(N[C@@H]2c3ccccc3C(=O)N2c2ccc(Cl)cn2)cc1. The number of benzene rings is 2. The molecule has 130 valence electrons. The second kappa shape index (κ2) is 6.69. The Morgan fingerprint density at radius 1 is 1.08 bits per heavy atom. The Morgan fingerprint density at radius 2 is 1.85 bits per heavy atom. The zero-order valence-electron chi connectivity index (χ0n) is 14.0. The maximum atomic E-state index is 13.0. The number of aromatic nitrogens is 1. The van der Waals surface area contributed by atoms with Crippen molar-refractivity contribution in [2.45, 2.75) is 6.17 Å². The van der Waals surface area contributed by atoms with Crippen LogP contribution in [0.4, 0.5) is 11.5 Å². The number of rotatable bonds is 4. The van der Waals surface area contributed by atoms with Crippen LogP contribution in [0.1, 0.15) is 22.1 Å². The highest BCUT2D eigenvalue weighted by Crippen LogP contribution is 2.37. The fraction of sp³-hybridized carbons (Fsp3) is 0.100. The molecule has 1 N–H and O–H groups in total. The average molecular weight is 366 g/mol. The molecule has 0 fully saturated rings. The Hall–Kier alpha value is -3.05. The van der Waals surface area contributed by atoms with Crippen LogP contribution in [-0.2, 0) is 0 Å². The van der Waals surface area contributed by atoms with E-state index in [-0.39, 0.29) is 12.1 Å². The van der Waals surface area contributed by atoms with Crippen molar-refractivity contribution in [1.29, 1.82) is 0 Å². The van der Waals surface area contributed by atoms with Crippen LogP contribution in [-0.4, -0.2) is 18.0 Å². The molecule has 0 bridgehead atoms. The number of anilines is 2. The summed E-state index contributed by atoms with van der Waals surface area (Å²) in [5, 5.41) is 3.94. The van der Waals surface area contributed by atoms with Crippen LogP contribution in [0, 0.1) is 0 Å². The van der Waals surface area contributed by atoms with Crippen molar-refractivity contribution in [3.63, 3.8) is 0 Å². The van der Waals surface area contributed by atoms with Gasteiger partial charge in [-0.1, -0.05) is 29.8 Å². The fourth-order valence-electron chi connectivity index (χ4n) is 3.05. The van der Waals surface area contributed by atoms with Gasteiger partial charge in [-0.2, -0.15) is 0 Å². The third-order valence-corrected chi connectivity index (χ3v) is 4.54. The normalized spacial score (nSPS) is 15.7. The minimum atomic E-state index is -0.360. The van der Waals surface area contributed by atoms with Gasteiger partial charge < -0.3 is 10.1 Å². The number of nitrogens with zero attached hydrogens (tertiary/aromatic N) is 2. The molecule has 0 saturated heterocycles. The molecular weight excluding hydrogens is 350 g/mol. The topological polar surface area (TPSA) is 54.5 Å². The third kappa shape index (κ3) is 2.86. The summed E-state index contributed by atoms with van der Waals surface area (Å²) in [7, 11) is 1.63. The fourth-order valence-corrected chi connectivity index (χ4v) is 3.16. The second-order valence-corrected chi connectivity index (χ2v) is 6.31. The number of hydrogen-bond donors (Lipinski definition) is 1. The molecule has 3 aromatic rings. The van der Waals surface area contributed by atoms with Crippen molar-refractivity contribution in [1.82, 2.24) is 4.98 Å². The van der Waals surface area contributed by atoms with E-state index in [1.165, 1.54) is 6.20 Å². The van der Waals surface area contributed by atoms with Gasteiger partial charge in [0.1, 0.15) is 17.7 Å². The van der Waals surface area contributed by atoms with Gasteiger partial charge in [0.05, 0.1) is 12.1 Å². The summed E-state index contributed by atoms with van der Waals surface area (Å²) < 4.78 is 5.20. The van der Waals surface area contributed by atoms with Gasteiger partial charge in [-0.15, -0.1) is 0 Å². The quantitative estimate of drug-likeness (QED) is 0.738. The van der Waals surface area contributed by atoms with Crippen molar-refractivity contribution in [3.8, 4) is 5.75 Å². The Labute approximate surface area is 156 Å². The number of nitrogens with one attached hydrogen (secondary N) is 1. The first kappa shape index (κ1) is 16.4. The van der Waals surface area contributed by atoms with E-state index in [2.05, 4.69) is 10.3 Å². The summed E-state index contributed by atoms with van der Waals surface area (Å²) in [5.74, 6) is 1.22. The lowest BCUT2D eigenvalue weighted by atomic mass is 10.1. The highest BCUT2D eigenvalue weighted by molar-refractivity contribution is 6.30. The Balaban J connectivity index is 1.74. The summed E-state index contributed by atoms with van der Waals surface area (Å²) in [5.41, 5.74) is 2.44. The van der Waals surface area contributed by atoms with Crippen LogP contribution in [0.25, 0.3) is 0 Å². The molecule has 26 heavy (non-hydrogen) atoms. The largest absolute Gasteiger partial charge is 0.497 e. The number of carbonyl (C=O) groups is 1. The molecule has 1 aromatic heterocycles. The molecular formula is C20H16ClN3O2. The van der Waals surface area contributed by atoms with E-state index in [0.29, 0.717) is 16.4 Å². The first-order chi connectivity index (χ1) is 12.7. The zero-order chi connectivity index (χ0) is 18.1. The number of amides is 1. The smallest absolute Gasteiger partial charge is 0.261 e. The number of ether oxygens (including phenoxy) is 1. The number of methoxy groups -OCH3 is 1. The van der Waals surface area contributed by atoms with Crippen LogP contribution in [0.2, 0.25) is 5.02 Å². The van der Waals surface area contributed by atoms with Crippen LogP contribution in [0.15, 0.2) is 66.9 Å². The van der Waals surface area contributed by atoms with Gasteiger partial charge in [0, 0.05) is 23.0 Å². The Morgan fingerprint density at radius 3 is 2.54 bits per heavy atom. The van der Waals surface area contributed by atoms with E-state index in [4.69, 9.17) is 16.3 Å². The summed E-state index contributed by atoms with van der Waals surface area (Å²) in [6.07, 6.45) is 1.18. The highest BCUT2D eigenvalue weighted by Gasteiger charge is 2.38. The molecule has 2 heterocycles.